The summed E-state index contributed by atoms with van der Waals surface area (Å²) < 4.78 is 42.6. The molecule has 0 fully saturated rings. The molecule has 0 heterocycles. The van der Waals surface area contributed by atoms with Gasteiger partial charge in [0.1, 0.15) is 5.75 Å². The van der Waals surface area contributed by atoms with Crippen LogP contribution in [0.5, 0.6) is 5.75 Å². The van der Waals surface area contributed by atoms with Crippen LogP contribution < -0.4 is 10.5 Å². The van der Waals surface area contributed by atoms with Gasteiger partial charge < -0.3 is 10.5 Å². The lowest BCUT2D eigenvalue weighted by molar-refractivity contribution is -0.137. The molecule has 21 heavy (non-hydrogen) atoms. The van der Waals surface area contributed by atoms with Gasteiger partial charge in [-0.2, -0.15) is 13.2 Å². The zero-order valence-electron chi connectivity index (χ0n) is 11.1. The highest BCUT2D eigenvalue weighted by Crippen LogP contribution is 2.32. The Kier molecular flexibility index (Phi) is 4.44. The van der Waals surface area contributed by atoms with E-state index in [1.54, 1.807) is 18.2 Å². The molecule has 0 aliphatic rings. The maximum absolute atomic E-state index is 12.5. The Morgan fingerprint density at radius 3 is 2.19 bits per heavy atom. The fourth-order valence-electron chi connectivity index (χ4n) is 1.95. The molecular weight excluding hydrogens is 303 g/mol. The minimum Gasteiger partial charge on any atom is -0.497 e. The number of alkyl halides is 3. The topological polar surface area (TPSA) is 35.2 Å². The maximum Gasteiger partial charge on any atom is 0.416 e. The fraction of sp³-hybridized carbons (Fsp3) is 0.200. The summed E-state index contributed by atoms with van der Waals surface area (Å²) in [5.41, 5.74) is 6.53. The number of hydrogen-bond acceptors (Lipinski definition) is 2. The van der Waals surface area contributed by atoms with Gasteiger partial charge in [0.2, 0.25) is 0 Å². The molecule has 0 saturated carbocycles. The van der Waals surface area contributed by atoms with Crippen LogP contribution in [0.25, 0.3) is 0 Å². The lowest BCUT2D eigenvalue weighted by Crippen LogP contribution is -2.13. The molecule has 0 aliphatic carbocycles. The number of hydrogen-bond donors (Lipinski definition) is 1. The molecule has 0 bridgehead atoms. The van der Waals surface area contributed by atoms with Crippen molar-refractivity contribution in [1.29, 1.82) is 0 Å². The van der Waals surface area contributed by atoms with Crippen LogP contribution in [-0.4, -0.2) is 7.11 Å². The van der Waals surface area contributed by atoms with Crippen molar-refractivity contribution < 1.29 is 17.9 Å². The predicted molar refractivity (Wildman–Crippen MR) is 75.5 cm³/mol. The van der Waals surface area contributed by atoms with Crippen molar-refractivity contribution in [2.75, 3.05) is 7.11 Å². The highest BCUT2D eigenvalue weighted by molar-refractivity contribution is 6.31. The number of methoxy groups -OCH3 is 1. The van der Waals surface area contributed by atoms with Gasteiger partial charge in [0, 0.05) is 5.02 Å². The van der Waals surface area contributed by atoms with Gasteiger partial charge in [0.25, 0.3) is 0 Å². The highest BCUT2D eigenvalue weighted by atomic mass is 35.5. The summed E-state index contributed by atoms with van der Waals surface area (Å²) in [5.74, 6) is 0.586. The number of benzene rings is 2. The second-order valence-corrected chi connectivity index (χ2v) is 4.89. The first-order valence-corrected chi connectivity index (χ1v) is 6.47. The Labute approximate surface area is 125 Å². The monoisotopic (exact) mass is 315 g/mol. The third-order valence-corrected chi connectivity index (χ3v) is 3.47. The van der Waals surface area contributed by atoms with Gasteiger partial charge in [-0.15, -0.1) is 0 Å². The number of rotatable bonds is 3. The summed E-state index contributed by atoms with van der Waals surface area (Å²) in [4.78, 5) is 0. The molecule has 2 rings (SSSR count). The van der Waals surface area contributed by atoms with Crippen molar-refractivity contribution in [3.8, 4) is 5.75 Å². The SMILES string of the molecule is COc1ccc(C(N)c2ccc(C(F)(F)F)cc2)c(Cl)c1. The van der Waals surface area contributed by atoms with E-state index in [0.717, 1.165) is 12.1 Å². The lowest BCUT2D eigenvalue weighted by atomic mass is 9.98. The van der Waals surface area contributed by atoms with Crippen molar-refractivity contribution in [3.05, 3.63) is 64.2 Å². The van der Waals surface area contributed by atoms with E-state index in [-0.39, 0.29) is 0 Å². The van der Waals surface area contributed by atoms with Crippen LogP contribution in [0.1, 0.15) is 22.7 Å². The van der Waals surface area contributed by atoms with Crippen LogP contribution in [0.15, 0.2) is 42.5 Å². The third kappa shape index (κ3) is 3.49. The summed E-state index contributed by atoms with van der Waals surface area (Å²) in [6.45, 7) is 0. The van der Waals surface area contributed by atoms with Crippen molar-refractivity contribution >= 4 is 11.6 Å². The quantitative estimate of drug-likeness (QED) is 0.910. The van der Waals surface area contributed by atoms with Gasteiger partial charge in [-0.05, 0) is 35.4 Å². The molecule has 112 valence electrons. The maximum atomic E-state index is 12.5. The molecule has 0 radical (unpaired) electrons. The molecule has 0 aliphatic heterocycles. The first-order chi connectivity index (χ1) is 9.82. The molecule has 0 spiro atoms. The molecule has 2 aromatic carbocycles. The summed E-state index contributed by atoms with van der Waals surface area (Å²) in [5, 5.41) is 0.404. The Morgan fingerprint density at radius 1 is 1.10 bits per heavy atom. The summed E-state index contributed by atoms with van der Waals surface area (Å²) in [6, 6.07) is 9.13. The second-order valence-electron chi connectivity index (χ2n) is 4.48. The lowest BCUT2D eigenvalue weighted by Gasteiger charge is -2.16. The Hall–Kier alpha value is -1.72. The van der Waals surface area contributed by atoms with Crippen LogP contribution in [0, 0.1) is 0 Å². The van der Waals surface area contributed by atoms with E-state index in [1.165, 1.54) is 19.2 Å². The minimum absolute atomic E-state index is 0.404. The molecule has 2 N–H and O–H groups in total. The van der Waals surface area contributed by atoms with Crippen LogP contribution in [0.4, 0.5) is 13.2 Å². The molecule has 2 aromatic rings. The standard InChI is InChI=1S/C15H13ClF3NO/c1-21-11-6-7-12(13(16)8-11)14(20)9-2-4-10(5-3-9)15(17,18)19/h2-8,14H,20H2,1H3. The van der Waals surface area contributed by atoms with Crippen LogP contribution in [0.3, 0.4) is 0 Å². The van der Waals surface area contributed by atoms with Crippen molar-refractivity contribution in [3.63, 3.8) is 0 Å². The normalized spacial score (nSPS) is 13.0. The average Bonchev–Trinajstić information content (AvgIpc) is 2.45. The Morgan fingerprint density at radius 2 is 1.71 bits per heavy atom. The van der Waals surface area contributed by atoms with Crippen LogP contribution in [-0.2, 0) is 6.18 Å². The smallest absolute Gasteiger partial charge is 0.416 e. The summed E-state index contributed by atoms with van der Waals surface area (Å²) in [7, 11) is 1.52. The van der Waals surface area contributed by atoms with Crippen molar-refractivity contribution in [2.24, 2.45) is 5.73 Å². The largest absolute Gasteiger partial charge is 0.497 e. The molecule has 6 heteroatoms. The van der Waals surface area contributed by atoms with Gasteiger partial charge in [0.05, 0.1) is 18.7 Å². The van der Waals surface area contributed by atoms with E-state index in [2.05, 4.69) is 0 Å². The first kappa shape index (κ1) is 15.7. The average molecular weight is 316 g/mol. The van der Waals surface area contributed by atoms with Gasteiger partial charge in [0.15, 0.2) is 0 Å². The molecule has 2 nitrogen and oxygen atoms in total. The number of halogens is 4. The molecule has 1 atom stereocenters. The molecular formula is C15H13ClF3NO. The number of ether oxygens (including phenoxy) is 1. The van der Waals surface area contributed by atoms with E-state index in [9.17, 15) is 13.2 Å². The van der Waals surface area contributed by atoms with E-state index in [1.807, 2.05) is 0 Å². The second kappa shape index (κ2) is 5.95. The van der Waals surface area contributed by atoms with E-state index in [4.69, 9.17) is 22.1 Å². The van der Waals surface area contributed by atoms with E-state index >= 15 is 0 Å². The molecule has 0 amide bonds. The van der Waals surface area contributed by atoms with Gasteiger partial charge in [-0.1, -0.05) is 29.8 Å². The van der Waals surface area contributed by atoms with E-state index < -0.39 is 17.8 Å². The Balaban J connectivity index is 2.30. The summed E-state index contributed by atoms with van der Waals surface area (Å²) in [6.07, 6.45) is -4.36. The van der Waals surface area contributed by atoms with Crippen LogP contribution in [0.2, 0.25) is 5.02 Å². The fourth-order valence-corrected chi connectivity index (χ4v) is 2.23. The Bertz CT molecular complexity index is 626. The van der Waals surface area contributed by atoms with Gasteiger partial charge in [-0.3, -0.25) is 0 Å². The summed E-state index contributed by atoms with van der Waals surface area (Å²) >= 11 is 6.12. The third-order valence-electron chi connectivity index (χ3n) is 3.14. The highest BCUT2D eigenvalue weighted by Gasteiger charge is 2.30. The van der Waals surface area contributed by atoms with Crippen molar-refractivity contribution in [1.82, 2.24) is 0 Å². The predicted octanol–water partition coefficient (Wildman–Crippen LogP) is 4.42. The van der Waals surface area contributed by atoms with E-state index in [0.29, 0.717) is 21.9 Å². The van der Waals surface area contributed by atoms with Gasteiger partial charge >= 0.3 is 6.18 Å². The molecule has 0 aromatic heterocycles. The minimum atomic E-state index is -4.36. The zero-order chi connectivity index (χ0) is 15.6. The van der Waals surface area contributed by atoms with Crippen molar-refractivity contribution in [2.45, 2.75) is 12.2 Å². The molecule has 1 unspecified atom stereocenters. The molecule has 0 saturated heterocycles. The van der Waals surface area contributed by atoms with Gasteiger partial charge in [-0.25, -0.2) is 0 Å². The number of nitrogens with two attached hydrogens (primary N) is 1. The van der Waals surface area contributed by atoms with Crippen LogP contribution >= 0.6 is 11.6 Å². The first-order valence-electron chi connectivity index (χ1n) is 6.09. The zero-order valence-corrected chi connectivity index (χ0v) is 11.9.